The van der Waals surface area contributed by atoms with Crippen LogP contribution >= 0.6 is 0 Å². The molecule has 1 unspecified atom stereocenters. The van der Waals surface area contributed by atoms with Crippen LogP contribution in [0.2, 0.25) is 0 Å². The zero-order valence-electron chi connectivity index (χ0n) is 21.2. The van der Waals surface area contributed by atoms with Gasteiger partial charge in [-0.25, -0.2) is 0 Å². The third-order valence-corrected chi connectivity index (χ3v) is 10.9. The lowest BCUT2D eigenvalue weighted by molar-refractivity contribution is -0.195. The van der Waals surface area contributed by atoms with Gasteiger partial charge in [0.25, 0.3) is 0 Å². The number of hydrogen-bond acceptors (Lipinski definition) is 2. The standard InChI is InChI=1S/C31H44O2/c1-5-6-7-10-22(2)26-14-15-27-25-13-12-23-21-24(33-29-11-8-9-20-32-29)16-18-30(23,3)28(25)17-19-31(26,27)4/h1,12,22,24-29H,8-11,13-21H2,2-4H3/t22-,24+,25+,26-,27+,28+,29?,30+,31-/m1/s1. The fourth-order valence-corrected chi connectivity index (χ4v) is 9.16. The molecule has 5 aliphatic rings. The summed E-state index contributed by atoms with van der Waals surface area (Å²) in [4.78, 5) is 0. The highest BCUT2D eigenvalue weighted by molar-refractivity contribution is 5.26. The molecule has 0 spiro atoms. The molecule has 9 atom stereocenters. The van der Waals surface area contributed by atoms with Gasteiger partial charge in [0.05, 0.1) is 6.10 Å². The van der Waals surface area contributed by atoms with Gasteiger partial charge in [-0.15, -0.1) is 6.42 Å². The van der Waals surface area contributed by atoms with E-state index < -0.39 is 0 Å². The fourth-order valence-electron chi connectivity index (χ4n) is 9.16. The van der Waals surface area contributed by atoms with Crippen LogP contribution in [-0.4, -0.2) is 19.0 Å². The molecule has 1 saturated heterocycles. The summed E-state index contributed by atoms with van der Waals surface area (Å²) in [5.41, 5.74) is 2.59. The molecule has 0 aromatic rings. The van der Waals surface area contributed by atoms with Gasteiger partial charge in [0.2, 0.25) is 0 Å². The van der Waals surface area contributed by atoms with Gasteiger partial charge in [0.15, 0.2) is 6.29 Å². The molecule has 5 rings (SSSR count). The van der Waals surface area contributed by atoms with Gasteiger partial charge < -0.3 is 9.47 Å². The lowest BCUT2D eigenvalue weighted by atomic mass is 9.47. The Morgan fingerprint density at radius 3 is 2.79 bits per heavy atom. The molecule has 0 amide bonds. The molecular formula is C31H44O2. The Balaban J connectivity index is 1.28. The maximum absolute atomic E-state index is 6.44. The van der Waals surface area contributed by atoms with Gasteiger partial charge in [0.1, 0.15) is 0 Å². The van der Waals surface area contributed by atoms with E-state index in [1.807, 2.05) is 0 Å². The van der Waals surface area contributed by atoms with Gasteiger partial charge in [-0.1, -0.05) is 38.3 Å². The Morgan fingerprint density at radius 2 is 2.00 bits per heavy atom. The normalized spacial score (nSPS) is 45.3. The van der Waals surface area contributed by atoms with E-state index in [1.165, 1.54) is 57.8 Å². The molecule has 0 aromatic carbocycles. The Hall–Kier alpha value is -1.22. The van der Waals surface area contributed by atoms with Crippen molar-refractivity contribution in [2.24, 2.45) is 40.4 Å². The first-order valence-electron chi connectivity index (χ1n) is 13.9. The molecule has 0 bridgehead atoms. The van der Waals surface area contributed by atoms with Crippen LogP contribution in [0.4, 0.5) is 0 Å². The average molecular weight is 449 g/mol. The molecular weight excluding hydrogens is 404 g/mol. The Kier molecular flexibility index (Phi) is 6.73. The summed E-state index contributed by atoms with van der Waals surface area (Å²) in [5.74, 6) is 12.6. The second-order valence-corrected chi connectivity index (χ2v) is 12.4. The molecule has 4 fully saturated rings. The molecule has 180 valence electrons. The van der Waals surface area contributed by atoms with Crippen LogP contribution in [0.1, 0.15) is 97.8 Å². The highest BCUT2D eigenvalue weighted by Crippen LogP contribution is 2.67. The number of rotatable bonds is 4. The molecule has 2 nitrogen and oxygen atoms in total. The highest BCUT2D eigenvalue weighted by Gasteiger charge is 2.59. The molecule has 0 radical (unpaired) electrons. The molecule has 0 aromatic heterocycles. The predicted octanol–water partition coefficient (Wildman–Crippen LogP) is 7.14. The average Bonchev–Trinajstić information content (AvgIpc) is 3.17. The Labute approximate surface area is 202 Å². The highest BCUT2D eigenvalue weighted by atomic mass is 16.7. The summed E-state index contributed by atoms with van der Waals surface area (Å²) in [6.45, 7) is 8.54. The van der Waals surface area contributed by atoms with Crippen molar-refractivity contribution >= 4 is 0 Å². The third kappa shape index (κ3) is 4.21. The summed E-state index contributed by atoms with van der Waals surface area (Å²) in [5, 5.41) is 0. The van der Waals surface area contributed by atoms with Crippen molar-refractivity contribution < 1.29 is 9.47 Å². The molecule has 0 N–H and O–H groups in total. The third-order valence-electron chi connectivity index (χ3n) is 10.9. The largest absolute Gasteiger partial charge is 0.353 e. The summed E-state index contributed by atoms with van der Waals surface area (Å²) >= 11 is 0. The number of allylic oxidation sites excluding steroid dienone is 1. The van der Waals surface area contributed by atoms with E-state index in [0.29, 0.717) is 22.9 Å². The lowest BCUT2D eigenvalue weighted by Gasteiger charge is -2.58. The topological polar surface area (TPSA) is 18.5 Å². The Morgan fingerprint density at radius 1 is 1.12 bits per heavy atom. The van der Waals surface area contributed by atoms with E-state index >= 15 is 0 Å². The summed E-state index contributed by atoms with van der Waals surface area (Å²) in [6, 6.07) is 0. The van der Waals surface area contributed by atoms with Crippen molar-refractivity contribution in [1.82, 2.24) is 0 Å². The van der Waals surface area contributed by atoms with Crippen LogP contribution < -0.4 is 0 Å². The van der Waals surface area contributed by atoms with Crippen molar-refractivity contribution in [2.45, 2.75) is 110 Å². The van der Waals surface area contributed by atoms with Gasteiger partial charge >= 0.3 is 0 Å². The van der Waals surface area contributed by atoms with Gasteiger partial charge in [-0.05, 0) is 123 Å². The van der Waals surface area contributed by atoms with E-state index in [4.69, 9.17) is 15.9 Å². The van der Waals surface area contributed by atoms with E-state index in [-0.39, 0.29) is 6.29 Å². The maximum atomic E-state index is 6.44. The van der Waals surface area contributed by atoms with Crippen molar-refractivity contribution in [1.29, 1.82) is 0 Å². The van der Waals surface area contributed by atoms with Crippen LogP contribution in [0.3, 0.4) is 0 Å². The molecule has 33 heavy (non-hydrogen) atoms. The van der Waals surface area contributed by atoms with E-state index in [1.54, 1.807) is 5.57 Å². The quantitative estimate of drug-likeness (QED) is 0.336. The zero-order valence-corrected chi connectivity index (χ0v) is 21.2. The second kappa shape index (κ2) is 9.44. The van der Waals surface area contributed by atoms with Crippen LogP contribution in [0.5, 0.6) is 0 Å². The van der Waals surface area contributed by atoms with Gasteiger partial charge in [-0.2, -0.15) is 0 Å². The van der Waals surface area contributed by atoms with Crippen LogP contribution in [-0.2, 0) is 9.47 Å². The summed E-state index contributed by atoms with van der Waals surface area (Å²) in [6.07, 6.45) is 23.4. The number of fused-ring (bicyclic) bond motifs is 5. The first-order valence-corrected chi connectivity index (χ1v) is 13.9. The smallest absolute Gasteiger partial charge is 0.157 e. The minimum atomic E-state index is 0.0446. The molecule has 4 aliphatic carbocycles. The first kappa shape index (κ1) is 23.5. The summed E-state index contributed by atoms with van der Waals surface area (Å²) < 4.78 is 12.3. The Bertz CT molecular complexity index is 848. The number of ether oxygens (including phenoxy) is 2. The molecule has 1 heterocycles. The monoisotopic (exact) mass is 448 g/mol. The second-order valence-electron chi connectivity index (χ2n) is 12.4. The number of hydrogen-bond donors (Lipinski definition) is 0. The van der Waals surface area contributed by atoms with E-state index in [9.17, 15) is 0 Å². The van der Waals surface area contributed by atoms with Crippen molar-refractivity contribution in [3.8, 4) is 24.2 Å². The van der Waals surface area contributed by atoms with Crippen molar-refractivity contribution in [2.75, 3.05) is 6.61 Å². The minimum Gasteiger partial charge on any atom is -0.353 e. The van der Waals surface area contributed by atoms with Gasteiger partial charge in [0, 0.05) is 13.0 Å². The number of terminal acetylenes is 1. The minimum absolute atomic E-state index is 0.0446. The van der Waals surface area contributed by atoms with Crippen molar-refractivity contribution in [3.63, 3.8) is 0 Å². The maximum Gasteiger partial charge on any atom is 0.157 e. The lowest BCUT2D eigenvalue weighted by Crippen LogP contribution is -2.51. The first-order chi connectivity index (χ1) is 16.0. The fraction of sp³-hybridized carbons (Fsp3) is 0.806. The van der Waals surface area contributed by atoms with Gasteiger partial charge in [-0.3, -0.25) is 0 Å². The zero-order chi connectivity index (χ0) is 23.1. The summed E-state index contributed by atoms with van der Waals surface area (Å²) in [7, 11) is 0. The molecule has 2 heteroatoms. The van der Waals surface area contributed by atoms with E-state index in [2.05, 4.69) is 44.6 Å². The van der Waals surface area contributed by atoms with Crippen LogP contribution in [0, 0.1) is 64.6 Å². The van der Waals surface area contributed by atoms with E-state index in [0.717, 1.165) is 49.5 Å². The van der Waals surface area contributed by atoms with Crippen LogP contribution in [0.15, 0.2) is 11.6 Å². The van der Waals surface area contributed by atoms with Crippen LogP contribution in [0.25, 0.3) is 0 Å². The molecule has 1 aliphatic heterocycles. The SMILES string of the molecule is C#CC#CC[C@@H](C)[C@H]1CC[C@H]2[C@@H]3CC=C4C[C@@H](OC5CCCCO5)CC[C@]4(C)[C@H]3CC[C@]12C. The molecule has 3 saturated carbocycles. The van der Waals surface area contributed by atoms with Crippen molar-refractivity contribution in [3.05, 3.63) is 11.6 Å². The predicted molar refractivity (Wildman–Crippen MR) is 134 cm³/mol.